The van der Waals surface area contributed by atoms with Crippen molar-refractivity contribution in [3.8, 4) is 0 Å². The van der Waals surface area contributed by atoms with Gasteiger partial charge in [0.25, 0.3) is 0 Å². The van der Waals surface area contributed by atoms with Crippen molar-refractivity contribution in [2.75, 3.05) is 7.05 Å². The van der Waals surface area contributed by atoms with E-state index in [0.717, 1.165) is 5.56 Å². The number of hydrogen-bond donors (Lipinski definition) is 2. The molecule has 0 aliphatic rings. The number of rotatable bonds is 2. The van der Waals surface area contributed by atoms with Crippen LogP contribution in [0.3, 0.4) is 0 Å². The van der Waals surface area contributed by atoms with Crippen LogP contribution in [0, 0.1) is 5.41 Å². The predicted octanol–water partition coefficient (Wildman–Crippen LogP) is 1.67. The SMILES string of the molecule is CN(Cc1cccc(Cl)c1)C(=N)N. The summed E-state index contributed by atoms with van der Waals surface area (Å²) in [4.78, 5) is 1.64. The van der Waals surface area contributed by atoms with Crippen molar-refractivity contribution in [3.63, 3.8) is 0 Å². The average molecular weight is 198 g/mol. The molecular formula is C9H12ClN3. The molecule has 3 N–H and O–H groups in total. The number of nitrogens with zero attached hydrogens (tertiary/aromatic N) is 1. The second-order valence-corrected chi connectivity index (χ2v) is 3.31. The second-order valence-electron chi connectivity index (χ2n) is 2.87. The summed E-state index contributed by atoms with van der Waals surface area (Å²) in [5.74, 6) is 0.0555. The molecule has 1 aromatic carbocycles. The summed E-state index contributed by atoms with van der Waals surface area (Å²) in [5, 5.41) is 7.88. The van der Waals surface area contributed by atoms with Gasteiger partial charge in [-0.05, 0) is 17.7 Å². The Bertz CT molecular complexity index is 311. The number of hydrogen-bond acceptors (Lipinski definition) is 1. The normalized spacial score (nSPS) is 9.69. The van der Waals surface area contributed by atoms with Crippen molar-refractivity contribution >= 4 is 17.6 Å². The lowest BCUT2D eigenvalue weighted by Crippen LogP contribution is -2.32. The van der Waals surface area contributed by atoms with E-state index in [4.69, 9.17) is 22.7 Å². The van der Waals surface area contributed by atoms with Gasteiger partial charge in [0.2, 0.25) is 0 Å². The Balaban J connectivity index is 2.69. The first-order chi connectivity index (χ1) is 6.09. The lowest BCUT2D eigenvalue weighted by Gasteiger charge is -2.16. The highest BCUT2D eigenvalue weighted by atomic mass is 35.5. The molecule has 0 aliphatic carbocycles. The third-order valence-electron chi connectivity index (χ3n) is 1.72. The topological polar surface area (TPSA) is 53.1 Å². The highest BCUT2D eigenvalue weighted by molar-refractivity contribution is 6.30. The Hall–Kier alpha value is -1.22. The second kappa shape index (κ2) is 4.14. The Labute approximate surface area is 82.6 Å². The zero-order valence-electron chi connectivity index (χ0n) is 7.42. The summed E-state index contributed by atoms with van der Waals surface area (Å²) in [5.41, 5.74) is 6.34. The van der Waals surface area contributed by atoms with Crippen molar-refractivity contribution in [3.05, 3.63) is 34.9 Å². The van der Waals surface area contributed by atoms with Gasteiger partial charge < -0.3 is 10.6 Å². The first-order valence-electron chi connectivity index (χ1n) is 3.89. The highest BCUT2D eigenvalue weighted by Gasteiger charge is 2.00. The van der Waals surface area contributed by atoms with Crippen LogP contribution in [0.25, 0.3) is 0 Å². The first kappa shape index (κ1) is 9.86. The maximum Gasteiger partial charge on any atom is 0.188 e. The van der Waals surface area contributed by atoms with Gasteiger partial charge >= 0.3 is 0 Å². The molecule has 0 saturated carbocycles. The Morgan fingerprint density at radius 3 is 2.85 bits per heavy atom. The molecule has 0 radical (unpaired) electrons. The van der Waals surface area contributed by atoms with E-state index in [9.17, 15) is 0 Å². The summed E-state index contributed by atoms with van der Waals surface area (Å²) in [6.45, 7) is 0.607. The third kappa shape index (κ3) is 2.95. The van der Waals surface area contributed by atoms with E-state index >= 15 is 0 Å². The van der Waals surface area contributed by atoms with Crippen LogP contribution in [-0.2, 0) is 6.54 Å². The van der Waals surface area contributed by atoms with Crippen LogP contribution in [0.5, 0.6) is 0 Å². The molecule has 0 aromatic heterocycles. The summed E-state index contributed by atoms with van der Waals surface area (Å²) < 4.78 is 0. The Kier molecular flexibility index (Phi) is 3.14. The monoisotopic (exact) mass is 197 g/mol. The van der Waals surface area contributed by atoms with Crippen LogP contribution in [0.15, 0.2) is 24.3 Å². The van der Waals surface area contributed by atoms with E-state index < -0.39 is 0 Å². The lowest BCUT2D eigenvalue weighted by atomic mass is 10.2. The van der Waals surface area contributed by atoms with E-state index in [0.29, 0.717) is 11.6 Å². The van der Waals surface area contributed by atoms with Gasteiger partial charge in [-0.1, -0.05) is 23.7 Å². The molecule has 3 nitrogen and oxygen atoms in total. The molecule has 0 aliphatic heterocycles. The molecule has 0 heterocycles. The molecule has 0 fully saturated rings. The fourth-order valence-corrected chi connectivity index (χ4v) is 1.21. The van der Waals surface area contributed by atoms with E-state index in [1.165, 1.54) is 0 Å². The van der Waals surface area contributed by atoms with Crippen LogP contribution in [0.4, 0.5) is 0 Å². The lowest BCUT2D eigenvalue weighted by molar-refractivity contribution is 0.491. The zero-order chi connectivity index (χ0) is 9.84. The van der Waals surface area contributed by atoms with Crippen LogP contribution in [0.2, 0.25) is 5.02 Å². The molecule has 4 heteroatoms. The molecule has 13 heavy (non-hydrogen) atoms. The average Bonchev–Trinajstić information content (AvgIpc) is 2.04. The fourth-order valence-electron chi connectivity index (χ4n) is 0.994. The van der Waals surface area contributed by atoms with E-state index in [1.54, 1.807) is 11.9 Å². The van der Waals surface area contributed by atoms with Crippen molar-refractivity contribution in [1.29, 1.82) is 5.41 Å². The van der Waals surface area contributed by atoms with Crippen LogP contribution >= 0.6 is 11.6 Å². The van der Waals surface area contributed by atoms with Crippen molar-refractivity contribution < 1.29 is 0 Å². The molecule has 0 saturated heterocycles. The summed E-state index contributed by atoms with van der Waals surface area (Å²) in [7, 11) is 1.77. The molecule has 0 amide bonds. The molecule has 1 rings (SSSR count). The maximum absolute atomic E-state index is 7.17. The minimum absolute atomic E-state index is 0.0555. The van der Waals surface area contributed by atoms with Crippen molar-refractivity contribution in [2.24, 2.45) is 5.73 Å². The van der Waals surface area contributed by atoms with E-state index in [1.807, 2.05) is 24.3 Å². The number of guanidine groups is 1. The minimum Gasteiger partial charge on any atom is -0.370 e. The van der Waals surface area contributed by atoms with Gasteiger partial charge in [-0.15, -0.1) is 0 Å². The van der Waals surface area contributed by atoms with Gasteiger partial charge in [-0.25, -0.2) is 0 Å². The molecule has 0 spiro atoms. The van der Waals surface area contributed by atoms with E-state index in [2.05, 4.69) is 0 Å². The molecular weight excluding hydrogens is 186 g/mol. The summed E-state index contributed by atoms with van der Waals surface area (Å²) in [6, 6.07) is 7.51. The van der Waals surface area contributed by atoms with Crippen molar-refractivity contribution in [1.82, 2.24) is 4.90 Å². The smallest absolute Gasteiger partial charge is 0.188 e. The number of nitrogens with two attached hydrogens (primary N) is 1. The molecule has 1 aromatic rings. The largest absolute Gasteiger partial charge is 0.370 e. The highest BCUT2D eigenvalue weighted by Crippen LogP contribution is 2.11. The Morgan fingerprint density at radius 1 is 1.62 bits per heavy atom. The standard InChI is InChI=1S/C9H12ClN3/c1-13(9(11)12)6-7-3-2-4-8(10)5-7/h2-5H,6H2,1H3,(H3,11,12). The Morgan fingerprint density at radius 2 is 2.31 bits per heavy atom. The van der Waals surface area contributed by atoms with Gasteiger partial charge in [0.1, 0.15) is 0 Å². The quantitative estimate of drug-likeness (QED) is 0.560. The van der Waals surface area contributed by atoms with Crippen molar-refractivity contribution in [2.45, 2.75) is 6.54 Å². The number of benzene rings is 1. The van der Waals surface area contributed by atoms with Gasteiger partial charge in [0.15, 0.2) is 5.96 Å². The first-order valence-corrected chi connectivity index (χ1v) is 4.27. The summed E-state index contributed by atoms with van der Waals surface area (Å²) >= 11 is 5.80. The van der Waals surface area contributed by atoms with Crippen LogP contribution < -0.4 is 5.73 Å². The van der Waals surface area contributed by atoms with Crippen LogP contribution in [-0.4, -0.2) is 17.9 Å². The minimum atomic E-state index is 0.0555. The van der Waals surface area contributed by atoms with E-state index in [-0.39, 0.29) is 5.96 Å². The van der Waals surface area contributed by atoms with Crippen LogP contribution in [0.1, 0.15) is 5.56 Å². The van der Waals surface area contributed by atoms with Gasteiger partial charge in [-0.2, -0.15) is 0 Å². The predicted molar refractivity (Wildman–Crippen MR) is 54.8 cm³/mol. The molecule has 0 unspecified atom stereocenters. The zero-order valence-corrected chi connectivity index (χ0v) is 8.17. The van der Waals surface area contributed by atoms with Gasteiger partial charge in [-0.3, -0.25) is 5.41 Å². The van der Waals surface area contributed by atoms with Gasteiger partial charge in [0.05, 0.1) is 0 Å². The molecule has 0 bridgehead atoms. The third-order valence-corrected chi connectivity index (χ3v) is 1.96. The molecule has 70 valence electrons. The number of nitrogens with one attached hydrogen (secondary N) is 1. The fraction of sp³-hybridized carbons (Fsp3) is 0.222. The summed E-state index contributed by atoms with van der Waals surface area (Å²) in [6.07, 6.45) is 0. The number of halogens is 1. The van der Waals surface area contributed by atoms with Gasteiger partial charge in [0, 0.05) is 18.6 Å². The maximum atomic E-state index is 7.17. The molecule has 0 atom stereocenters.